The molecule has 18 heavy (non-hydrogen) atoms. The maximum atomic E-state index is 5.76. The van der Waals surface area contributed by atoms with Crippen LogP contribution in [0.25, 0.3) is 0 Å². The normalized spacial score (nSPS) is 13.3. The molecular formula is C16H29NS. The summed E-state index contributed by atoms with van der Waals surface area (Å²) in [4.78, 5) is 0.562. The van der Waals surface area contributed by atoms with Gasteiger partial charge in [-0.3, -0.25) is 0 Å². The average Bonchev–Trinajstić information content (AvgIpc) is 2.31. The minimum absolute atomic E-state index is 0.562. The van der Waals surface area contributed by atoms with Crippen LogP contribution in [0.5, 0.6) is 0 Å². The van der Waals surface area contributed by atoms with E-state index >= 15 is 0 Å². The van der Waals surface area contributed by atoms with Gasteiger partial charge in [-0.1, -0.05) is 56.6 Å². The number of thiocarbonyl (C=S) groups is 1. The van der Waals surface area contributed by atoms with E-state index in [1.807, 2.05) is 0 Å². The van der Waals surface area contributed by atoms with Gasteiger partial charge in [-0.05, 0) is 51.0 Å². The van der Waals surface area contributed by atoms with Gasteiger partial charge in [0.2, 0.25) is 0 Å². The zero-order chi connectivity index (χ0) is 14.1. The van der Waals surface area contributed by atoms with E-state index in [9.17, 15) is 0 Å². The van der Waals surface area contributed by atoms with Crippen LogP contribution in [-0.4, -0.2) is 4.99 Å². The summed E-state index contributed by atoms with van der Waals surface area (Å²) >= 11 is 5.11. The fraction of sp³-hybridized carbons (Fsp3) is 0.688. The molecule has 2 N–H and O–H groups in total. The maximum Gasteiger partial charge on any atom is 0.0993 e. The molecule has 1 nitrogen and oxygen atoms in total. The van der Waals surface area contributed by atoms with Crippen LogP contribution < -0.4 is 5.73 Å². The Balaban J connectivity index is 4.47. The van der Waals surface area contributed by atoms with E-state index in [-0.39, 0.29) is 0 Å². The van der Waals surface area contributed by atoms with E-state index in [2.05, 4.69) is 40.7 Å². The predicted molar refractivity (Wildman–Crippen MR) is 86.8 cm³/mol. The first kappa shape index (κ1) is 17.4. The van der Waals surface area contributed by atoms with Crippen molar-refractivity contribution in [3.8, 4) is 0 Å². The number of rotatable bonds is 8. The standard InChI is InChI=1S/C16H29NS/c1-6-13(5)8-9-14(7-2)10-11-15(12(3)4)16(17)18/h9,13H,6-8,10-11H2,1-5H3,(H2,17,18)/b14-9-. The van der Waals surface area contributed by atoms with Crippen molar-refractivity contribution in [3.05, 3.63) is 22.8 Å². The van der Waals surface area contributed by atoms with E-state index in [0.717, 1.165) is 30.8 Å². The molecule has 0 saturated carbocycles. The topological polar surface area (TPSA) is 26.0 Å². The van der Waals surface area contributed by atoms with Gasteiger partial charge in [-0.15, -0.1) is 0 Å². The van der Waals surface area contributed by atoms with Crippen LogP contribution in [0, 0.1) is 5.92 Å². The Labute approximate surface area is 119 Å². The second-order valence-corrected chi connectivity index (χ2v) is 5.75. The molecule has 0 fully saturated rings. The third kappa shape index (κ3) is 6.95. The summed E-state index contributed by atoms with van der Waals surface area (Å²) in [6.07, 6.45) is 8.05. The Morgan fingerprint density at radius 2 is 1.83 bits per heavy atom. The zero-order valence-electron chi connectivity index (χ0n) is 12.7. The predicted octanol–water partition coefficient (Wildman–Crippen LogP) is 5.16. The van der Waals surface area contributed by atoms with Gasteiger partial charge in [-0.25, -0.2) is 0 Å². The lowest BCUT2D eigenvalue weighted by molar-refractivity contribution is 0.568. The molecule has 0 aromatic carbocycles. The van der Waals surface area contributed by atoms with Crippen LogP contribution in [0.2, 0.25) is 0 Å². The average molecular weight is 267 g/mol. The molecule has 0 heterocycles. The summed E-state index contributed by atoms with van der Waals surface area (Å²) in [7, 11) is 0. The summed E-state index contributed by atoms with van der Waals surface area (Å²) in [5, 5.41) is 0. The van der Waals surface area contributed by atoms with Gasteiger partial charge in [0.15, 0.2) is 0 Å². The van der Waals surface area contributed by atoms with Gasteiger partial charge in [-0.2, -0.15) is 0 Å². The third-order valence-corrected chi connectivity index (χ3v) is 3.80. The highest BCUT2D eigenvalue weighted by Crippen LogP contribution is 2.19. The molecular weight excluding hydrogens is 238 g/mol. The van der Waals surface area contributed by atoms with Crippen LogP contribution in [0.3, 0.4) is 0 Å². The van der Waals surface area contributed by atoms with Gasteiger partial charge < -0.3 is 5.73 Å². The molecule has 0 aromatic heterocycles. The first-order chi connectivity index (χ1) is 8.42. The number of hydrogen-bond donors (Lipinski definition) is 1. The quantitative estimate of drug-likeness (QED) is 0.373. The summed E-state index contributed by atoms with van der Waals surface area (Å²) in [5.74, 6) is 0.782. The Hall–Kier alpha value is -0.630. The molecule has 0 amide bonds. The van der Waals surface area contributed by atoms with E-state index in [1.54, 1.807) is 0 Å². The van der Waals surface area contributed by atoms with Crippen LogP contribution in [0.4, 0.5) is 0 Å². The molecule has 2 heteroatoms. The lowest BCUT2D eigenvalue weighted by Gasteiger charge is -2.11. The van der Waals surface area contributed by atoms with Crippen molar-refractivity contribution in [2.24, 2.45) is 11.7 Å². The second-order valence-electron chi connectivity index (χ2n) is 5.31. The lowest BCUT2D eigenvalue weighted by atomic mass is 9.97. The van der Waals surface area contributed by atoms with Crippen LogP contribution in [-0.2, 0) is 0 Å². The lowest BCUT2D eigenvalue weighted by Crippen LogP contribution is -2.12. The molecule has 1 unspecified atom stereocenters. The molecule has 0 aliphatic carbocycles. The number of allylic oxidation sites excluding steroid dienone is 3. The monoisotopic (exact) mass is 267 g/mol. The second kappa shape index (κ2) is 9.32. The van der Waals surface area contributed by atoms with E-state index < -0.39 is 0 Å². The first-order valence-electron chi connectivity index (χ1n) is 7.06. The largest absolute Gasteiger partial charge is 0.390 e. The van der Waals surface area contributed by atoms with Crippen LogP contribution in [0.15, 0.2) is 22.8 Å². The van der Waals surface area contributed by atoms with Crippen molar-refractivity contribution in [1.82, 2.24) is 0 Å². The summed E-state index contributed by atoms with van der Waals surface area (Å²) in [6, 6.07) is 0. The smallest absolute Gasteiger partial charge is 0.0993 e. The molecule has 0 aliphatic heterocycles. The summed E-state index contributed by atoms with van der Waals surface area (Å²) in [6.45, 7) is 11.0. The fourth-order valence-electron chi connectivity index (χ4n) is 1.86. The van der Waals surface area contributed by atoms with Crippen molar-refractivity contribution < 1.29 is 0 Å². The molecule has 104 valence electrons. The molecule has 0 saturated heterocycles. The Bertz CT molecular complexity index is 322. The number of hydrogen-bond acceptors (Lipinski definition) is 1. The first-order valence-corrected chi connectivity index (χ1v) is 7.47. The summed E-state index contributed by atoms with van der Waals surface area (Å²) < 4.78 is 0. The van der Waals surface area contributed by atoms with Gasteiger partial charge in [0.05, 0.1) is 4.99 Å². The van der Waals surface area contributed by atoms with Crippen LogP contribution >= 0.6 is 12.2 Å². The van der Waals surface area contributed by atoms with Gasteiger partial charge >= 0.3 is 0 Å². The third-order valence-electron chi connectivity index (χ3n) is 3.56. The molecule has 0 aromatic rings. The van der Waals surface area contributed by atoms with Crippen molar-refractivity contribution in [1.29, 1.82) is 0 Å². The molecule has 0 spiro atoms. The van der Waals surface area contributed by atoms with Crippen molar-refractivity contribution in [2.75, 3.05) is 0 Å². The fourth-order valence-corrected chi connectivity index (χ4v) is 2.17. The number of nitrogens with two attached hydrogens (primary N) is 1. The van der Waals surface area contributed by atoms with E-state index in [4.69, 9.17) is 18.0 Å². The van der Waals surface area contributed by atoms with Crippen molar-refractivity contribution in [2.45, 2.75) is 66.7 Å². The zero-order valence-corrected chi connectivity index (χ0v) is 13.5. The van der Waals surface area contributed by atoms with Crippen molar-refractivity contribution in [3.63, 3.8) is 0 Å². The molecule has 0 bridgehead atoms. The highest BCUT2D eigenvalue weighted by atomic mass is 32.1. The van der Waals surface area contributed by atoms with E-state index in [0.29, 0.717) is 4.99 Å². The highest BCUT2D eigenvalue weighted by Gasteiger charge is 2.05. The summed E-state index contributed by atoms with van der Waals surface area (Å²) in [5.41, 5.74) is 9.71. The van der Waals surface area contributed by atoms with Gasteiger partial charge in [0, 0.05) is 0 Å². The molecule has 1 atom stereocenters. The van der Waals surface area contributed by atoms with E-state index in [1.165, 1.54) is 24.0 Å². The Morgan fingerprint density at radius 1 is 1.22 bits per heavy atom. The van der Waals surface area contributed by atoms with Crippen LogP contribution in [0.1, 0.15) is 66.7 Å². The Kier molecular flexibility index (Phi) is 8.99. The molecule has 0 radical (unpaired) electrons. The minimum atomic E-state index is 0.562. The van der Waals surface area contributed by atoms with Crippen molar-refractivity contribution >= 4 is 17.2 Å². The SMILES string of the molecule is CC/C(=C/CC(C)CC)CCC(C(N)=S)=C(C)C. The Morgan fingerprint density at radius 3 is 2.22 bits per heavy atom. The van der Waals surface area contributed by atoms with Gasteiger partial charge in [0.25, 0.3) is 0 Å². The molecule has 0 aliphatic rings. The van der Waals surface area contributed by atoms with Gasteiger partial charge in [0.1, 0.15) is 0 Å². The maximum absolute atomic E-state index is 5.76. The minimum Gasteiger partial charge on any atom is -0.390 e. The highest BCUT2D eigenvalue weighted by molar-refractivity contribution is 7.80. The molecule has 0 rings (SSSR count).